The van der Waals surface area contributed by atoms with E-state index in [0.29, 0.717) is 0 Å². The van der Waals surface area contributed by atoms with Gasteiger partial charge in [0.05, 0.1) is 12.1 Å². The van der Waals surface area contributed by atoms with E-state index in [9.17, 15) is 5.11 Å². The SMILES string of the molecule is CCCC[C@@H](O)[C@@H](N)c1ccc2ccc3cccc4ccc1c2c34.Cl. The van der Waals surface area contributed by atoms with Gasteiger partial charge in [-0.25, -0.2) is 0 Å². The van der Waals surface area contributed by atoms with Crippen LogP contribution < -0.4 is 5.73 Å². The fourth-order valence-electron chi connectivity index (χ4n) is 3.85. The minimum Gasteiger partial charge on any atom is -0.391 e. The van der Waals surface area contributed by atoms with Gasteiger partial charge < -0.3 is 10.8 Å². The molecule has 0 heterocycles. The van der Waals surface area contributed by atoms with Gasteiger partial charge in [0.15, 0.2) is 0 Å². The second kappa shape index (κ2) is 7.17. The number of benzene rings is 4. The van der Waals surface area contributed by atoms with Crippen LogP contribution in [0.1, 0.15) is 37.8 Å². The van der Waals surface area contributed by atoms with Crippen molar-refractivity contribution in [1.82, 2.24) is 0 Å². The van der Waals surface area contributed by atoms with Crippen molar-refractivity contribution in [1.29, 1.82) is 0 Å². The predicted molar refractivity (Wildman–Crippen MR) is 110 cm³/mol. The van der Waals surface area contributed by atoms with Crippen LogP contribution in [0.25, 0.3) is 32.3 Å². The largest absolute Gasteiger partial charge is 0.391 e. The molecule has 3 N–H and O–H groups in total. The van der Waals surface area contributed by atoms with Crippen LogP contribution in [0.3, 0.4) is 0 Å². The number of aliphatic hydroxyl groups excluding tert-OH is 1. The summed E-state index contributed by atoms with van der Waals surface area (Å²) in [5.74, 6) is 0. The number of hydrogen-bond donors (Lipinski definition) is 2. The van der Waals surface area contributed by atoms with Crippen molar-refractivity contribution < 1.29 is 5.11 Å². The highest BCUT2D eigenvalue weighted by Gasteiger charge is 2.20. The third-order valence-corrected chi connectivity index (χ3v) is 5.19. The minimum absolute atomic E-state index is 0. The summed E-state index contributed by atoms with van der Waals surface area (Å²) in [6.07, 6.45) is 2.33. The molecule has 0 saturated carbocycles. The number of rotatable bonds is 5. The first kappa shape index (κ1) is 17.9. The summed E-state index contributed by atoms with van der Waals surface area (Å²) in [5.41, 5.74) is 7.47. The zero-order valence-electron chi connectivity index (χ0n) is 14.4. The second-order valence-electron chi connectivity index (χ2n) is 6.75. The van der Waals surface area contributed by atoms with Crippen LogP contribution >= 0.6 is 12.4 Å². The molecule has 25 heavy (non-hydrogen) atoms. The molecule has 2 nitrogen and oxygen atoms in total. The van der Waals surface area contributed by atoms with Gasteiger partial charge in [-0.1, -0.05) is 74.4 Å². The molecular weight excluding hydrogens is 330 g/mol. The van der Waals surface area contributed by atoms with Crippen LogP contribution in [0.4, 0.5) is 0 Å². The standard InChI is InChI=1S/C22H23NO.ClH/c1-2-3-7-19(24)22(23)18-13-11-16-9-8-14-5-4-6-15-10-12-17(18)21(16)20(14)15;/h4-6,8-13,19,22,24H,2-3,7,23H2,1H3;1H/t19-,22+;/m1./s1. The zero-order chi connectivity index (χ0) is 16.7. The molecule has 0 aliphatic rings. The highest BCUT2D eigenvalue weighted by molar-refractivity contribution is 6.23. The Hall–Kier alpha value is -1.87. The predicted octanol–water partition coefficient (Wildman–Crippen LogP) is 5.56. The maximum atomic E-state index is 10.5. The van der Waals surface area contributed by atoms with Gasteiger partial charge in [-0.2, -0.15) is 0 Å². The Kier molecular flexibility index (Phi) is 5.14. The molecule has 4 aromatic carbocycles. The third-order valence-electron chi connectivity index (χ3n) is 5.19. The zero-order valence-corrected chi connectivity index (χ0v) is 15.2. The molecule has 0 spiro atoms. The molecule has 4 aromatic rings. The van der Waals surface area contributed by atoms with Gasteiger partial charge in [0, 0.05) is 0 Å². The number of nitrogens with two attached hydrogens (primary N) is 1. The van der Waals surface area contributed by atoms with Crippen molar-refractivity contribution in [3.63, 3.8) is 0 Å². The van der Waals surface area contributed by atoms with Crippen molar-refractivity contribution in [2.45, 2.75) is 38.3 Å². The quantitative estimate of drug-likeness (QED) is 0.461. The van der Waals surface area contributed by atoms with E-state index in [0.717, 1.165) is 24.8 Å². The Morgan fingerprint density at radius 1 is 0.880 bits per heavy atom. The average Bonchev–Trinajstić information content (AvgIpc) is 2.63. The van der Waals surface area contributed by atoms with Gasteiger partial charge in [-0.05, 0) is 44.3 Å². The highest BCUT2D eigenvalue weighted by Crippen LogP contribution is 2.37. The molecule has 0 amide bonds. The summed E-state index contributed by atoms with van der Waals surface area (Å²) >= 11 is 0. The third kappa shape index (κ3) is 2.95. The number of hydrogen-bond acceptors (Lipinski definition) is 2. The molecular formula is C22H24ClNO. The topological polar surface area (TPSA) is 46.2 Å². The van der Waals surface area contributed by atoms with E-state index in [1.165, 1.54) is 32.3 Å². The molecule has 0 fully saturated rings. The lowest BCUT2D eigenvalue weighted by molar-refractivity contribution is 0.133. The average molecular weight is 354 g/mol. The lowest BCUT2D eigenvalue weighted by Crippen LogP contribution is -2.26. The van der Waals surface area contributed by atoms with Gasteiger partial charge in [0.1, 0.15) is 0 Å². The van der Waals surface area contributed by atoms with Gasteiger partial charge >= 0.3 is 0 Å². The molecule has 2 atom stereocenters. The first-order valence-electron chi connectivity index (χ1n) is 8.80. The Morgan fingerprint density at radius 3 is 2.16 bits per heavy atom. The molecule has 3 heteroatoms. The first-order valence-corrected chi connectivity index (χ1v) is 8.80. The molecule has 0 aliphatic heterocycles. The Morgan fingerprint density at radius 2 is 1.48 bits per heavy atom. The summed E-state index contributed by atoms with van der Waals surface area (Å²) in [5, 5.41) is 17.9. The van der Waals surface area contributed by atoms with Crippen LogP contribution in [0, 0.1) is 0 Å². The lowest BCUT2D eigenvalue weighted by Gasteiger charge is -2.22. The van der Waals surface area contributed by atoms with Gasteiger partial charge in [0.25, 0.3) is 0 Å². The van der Waals surface area contributed by atoms with Crippen LogP contribution in [-0.2, 0) is 0 Å². The van der Waals surface area contributed by atoms with Crippen molar-refractivity contribution in [3.8, 4) is 0 Å². The highest BCUT2D eigenvalue weighted by atomic mass is 35.5. The molecule has 0 aliphatic carbocycles. The maximum Gasteiger partial charge on any atom is 0.0733 e. The Bertz CT molecular complexity index is 981. The monoisotopic (exact) mass is 353 g/mol. The van der Waals surface area contributed by atoms with E-state index in [4.69, 9.17) is 5.73 Å². The summed E-state index contributed by atoms with van der Waals surface area (Å²) in [4.78, 5) is 0. The molecule has 0 bridgehead atoms. The fourth-order valence-corrected chi connectivity index (χ4v) is 3.85. The Labute approximate surface area is 154 Å². The van der Waals surface area contributed by atoms with E-state index in [2.05, 4.69) is 61.5 Å². The van der Waals surface area contributed by atoms with Crippen molar-refractivity contribution in [2.75, 3.05) is 0 Å². The smallest absolute Gasteiger partial charge is 0.0733 e. The van der Waals surface area contributed by atoms with E-state index < -0.39 is 6.10 Å². The number of aliphatic hydroxyl groups is 1. The first-order chi connectivity index (χ1) is 11.7. The van der Waals surface area contributed by atoms with E-state index in [1.807, 2.05) is 0 Å². The maximum absolute atomic E-state index is 10.5. The van der Waals surface area contributed by atoms with Gasteiger partial charge in [-0.15, -0.1) is 12.4 Å². The van der Waals surface area contributed by atoms with E-state index in [1.54, 1.807) is 0 Å². The molecule has 0 saturated heterocycles. The van der Waals surface area contributed by atoms with Crippen LogP contribution in [0.2, 0.25) is 0 Å². The van der Waals surface area contributed by atoms with E-state index in [-0.39, 0.29) is 18.4 Å². The Balaban J connectivity index is 0.00000182. The second-order valence-corrected chi connectivity index (χ2v) is 6.75. The van der Waals surface area contributed by atoms with Gasteiger partial charge in [0.2, 0.25) is 0 Å². The fraction of sp³-hybridized carbons (Fsp3) is 0.273. The molecule has 130 valence electrons. The van der Waals surface area contributed by atoms with E-state index >= 15 is 0 Å². The van der Waals surface area contributed by atoms with Crippen LogP contribution in [-0.4, -0.2) is 11.2 Å². The van der Waals surface area contributed by atoms with Crippen molar-refractivity contribution in [3.05, 3.63) is 60.2 Å². The van der Waals surface area contributed by atoms with Crippen molar-refractivity contribution >= 4 is 44.7 Å². The molecule has 0 radical (unpaired) electrons. The molecule has 0 unspecified atom stereocenters. The number of unbranched alkanes of at least 4 members (excludes halogenated alkanes) is 1. The molecule has 4 rings (SSSR count). The van der Waals surface area contributed by atoms with Crippen LogP contribution in [0.5, 0.6) is 0 Å². The molecule has 0 aromatic heterocycles. The number of halogens is 1. The summed E-state index contributed by atoms with van der Waals surface area (Å²) in [7, 11) is 0. The minimum atomic E-state index is -0.497. The summed E-state index contributed by atoms with van der Waals surface area (Å²) in [6, 6.07) is 19.0. The van der Waals surface area contributed by atoms with Crippen LogP contribution in [0.15, 0.2) is 54.6 Å². The normalized spacial score (nSPS) is 14.0. The van der Waals surface area contributed by atoms with Gasteiger partial charge in [-0.3, -0.25) is 0 Å². The lowest BCUT2D eigenvalue weighted by atomic mass is 9.88. The van der Waals surface area contributed by atoms with Crippen molar-refractivity contribution in [2.24, 2.45) is 5.73 Å². The summed E-state index contributed by atoms with van der Waals surface area (Å²) in [6.45, 7) is 2.13. The summed E-state index contributed by atoms with van der Waals surface area (Å²) < 4.78 is 0.